The number of nitrogens with one attached hydrogen (secondary N) is 1. The van der Waals surface area contributed by atoms with Gasteiger partial charge in [-0.05, 0) is 50.5 Å². The van der Waals surface area contributed by atoms with Crippen molar-refractivity contribution in [3.05, 3.63) is 78.4 Å². The molecule has 1 saturated carbocycles. The van der Waals surface area contributed by atoms with Crippen molar-refractivity contribution in [3.8, 4) is 11.3 Å². The lowest BCUT2D eigenvalue weighted by Gasteiger charge is -2.20. The van der Waals surface area contributed by atoms with E-state index in [1.54, 1.807) is 25.5 Å². The van der Waals surface area contributed by atoms with Gasteiger partial charge in [0.1, 0.15) is 0 Å². The summed E-state index contributed by atoms with van der Waals surface area (Å²) in [6.45, 7) is 16.0. The van der Waals surface area contributed by atoms with Crippen LogP contribution in [0.4, 0.5) is 0 Å². The lowest BCUT2D eigenvalue weighted by molar-refractivity contribution is 0.101. The van der Waals surface area contributed by atoms with Gasteiger partial charge in [-0.3, -0.25) is 9.78 Å². The van der Waals surface area contributed by atoms with E-state index in [2.05, 4.69) is 42.3 Å². The van der Waals surface area contributed by atoms with Crippen molar-refractivity contribution in [1.82, 2.24) is 15.0 Å². The van der Waals surface area contributed by atoms with Crippen LogP contribution in [0.3, 0.4) is 0 Å². The van der Waals surface area contributed by atoms with Crippen molar-refractivity contribution in [2.45, 2.75) is 92.9 Å². The number of hydrogen-bond donors (Lipinski definition) is 1. The van der Waals surface area contributed by atoms with Crippen LogP contribution in [-0.2, 0) is 0 Å². The number of Topliss-reactive ketones (excluding diaryl/α,β-unsaturated/α-hetero) is 1. The molecule has 2 heterocycles. The predicted molar refractivity (Wildman–Crippen MR) is 164 cm³/mol. The van der Waals surface area contributed by atoms with Crippen LogP contribution in [0.15, 0.2) is 67.2 Å². The second-order valence-corrected chi connectivity index (χ2v) is 10.3. The van der Waals surface area contributed by atoms with E-state index in [0.29, 0.717) is 5.56 Å². The Bertz CT molecular complexity index is 1220. The van der Waals surface area contributed by atoms with Gasteiger partial charge in [0.15, 0.2) is 5.78 Å². The Kier molecular flexibility index (Phi) is 13.5. The SMILES string of the molecule is C=C(C)/C=C\C=C(/C)c1nc[nH]c1-c1ccc2nccc(C(C)=O)c2c1.CCC.CCCC1CCCCC1. The molecule has 0 amide bonds. The minimum absolute atomic E-state index is 0.0281. The van der Waals surface area contributed by atoms with E-state index >= 15 is 0 Å². The Morgan fingerprint density at radius 3 is 2.39 bits per heavy atom. The normalized spacial score (nSPS) is 14.0. The molecule has 4 heteroatoms. The van der Waals surface area contributed by atoms with E-state index in [0.717, 1.165) is 44.9 Å². The van der Waals surface area contributed by atoms with Crippen molar-refractivity contribution in [1.29, 1.82) is 0 Å². The van der Waals surface area contributed by atoms with E-state index in [9.17, 15) is 4.79 Å². The second kappa shape index (κ2) is 16.5. The maximum atomic E-state index is 11.9. The molecule has 2 aromatic heterocycles. The highest BCUT2D eigenvalue weighted by molar-refractivity contribution is 6.06. The van der Waals surface area contributed by atoms with Crippen LogP contribution in [0.1, 0.15) is 109 Å². The maximum Gasteiger partial charge on any atom is 0.160 e. The number of pyridine rings is 1. The zero-order valence-electron chi connectivity index (χ0n) is 24.4. The molecule has 204 valence electrons. The van der Waals surface area contributed by atoms with Crippen LogP contribution in [-0.4, -0.2) is 20.7 Å². The fraction of sp³-hybridized carbons (Fsp3) is 0.441. The molecule has 0 unspecified atom stereocenters. The van der Waals surface area contributed by atoms with Crippen LogP contribution < -0.4 is 0 Å². The second-order valence-electron chi connectivity index (χ2n) is 10.3. The molecular formula is C34H47N3O. The first-order valence-electron chi connectivity index (χ1n) is 14.3. The van der Waals surface area contributed by atoms with Gasteiger partial charge in [-0.1, -0.05) is 109 Å². The Morgan fingerprint density at radius 2 is 1.76 bits per heavy atom. The van der Waals surface area contributed by atoms with Gasteiger partial charge in [-0.2, -0.15) is 0 Å². The highest BCUT2D eigenvalue weighted by Crippen LogP contribution is 2.29. The number of nitrogens with zero attached hydrogens (tertiary/aromatic N) is 2. The average molecular weight is 514 g/mol. The standard InChI is InChI=1S/C22H21N3O.C9H18.C3H8/c1-14(2)6-5-7-15(3)21-22(25-13-24-21)17-8-9-20-19(12-17)18(16(4)26)10-11-23-20;1-2-6-9-7-4-3-5-8-9;1-3-2/h5-13H,1H2,2-4H3,(H,24,25);9H,2-8H2,1H3;3H2,1-2H3/b6-5-,15-7+;;. The fourth-order valence-electron chi connectivity index (χ4n) is 4.74. The van der Waals surface area contributed by atoms with Gasteiger partial charge in [-0.15, -0.1) is 0 Å². The lowest BCUT2D eigenvalue weighted by Crippen LogP contribution is -2.04. The number of hydrogen-bond acceptors (Lipinski definition) is 3. The molecule has 3 aromatic rings. The molecule has 1 N–H and O–H groups in total. The van der Waals surface area contributed by atoms with Crippen LogP contribution in [0, 0.1) is 5.92 Å². The molecule has 0 aliphatic heterocycles. The van der Waals surface area contributed by atoms with Crippen LogP contribution >= 0.6 is 0 Å². The number of benzene rings is 1. The number of carbonyl (C=O) groups excluding carboxylic acids is 1. The topological polar surface area (TPSA) is 58.6 Å². The maximum absolute atomic E-state index is 11.9. The monoisotopic (exact) mass is 513 g/mol. The van der Waals surface area contributed by atoms with E-state index in [-0.39, 0.29) is 5.78 Å². The zero-order valence-corrected chi connectivity index (χ0v) is 24.4. The summed E-state index contributed by atoms with van der Waals surface area (Å²) in [7, 11) is 0. The van der Waals surface area contributed by atoms with Crippen molar-refractivity contribution in [2.75, 3.05) is 0 Å². The molecule has 4 nitrogen and oxygen atoms in total. The van der Waals surface area contributed by atoms with Crippen molar-refractivity contribution in [2.24, 2.45) is 5.92 Å². The number of aromatic nitrogens is 3. The summed E-state index contributed by atoms with van der Waals surface area (Å²) in [6.07, 6.45) is 21.0. The molecular weight excluding hydrogens is 466 g/mol. The van der Waals surface area contributed by atoms with Crippen LogP contribution in [0.25, 0.3) is 27.7 Å². The Labute approximate surface area is 230 Å². The van der Waals surface area contributed by atoms with Crippen LogP contribution in [0.5, 0.6) is 0 Å². The molecule has 0 spiro atoms. The third-order valence-electron chi connectivity index (χ3n) is 6.57. The third-order valence-corrected chi connectivity index (χ3v) is 6.57. The summed E-state index contributed by atoms with van der Waals surface area (Å²) < 4.78 is 0. The van der Waals surface area contributed by atoms with E-state index in [4.69, 9.17) is 0 Å². The number of fused-ring (bicyclic) bond motifs is 1. The zero-order chi connectivity index (χ0) is 27.9. The van der Waals surface area contributed by atoms with Gasteiger partial charge in [0.2, 0.25) is 0 Å². The third kappa shape index (κ3) is 9.55. The summed E-state index contributed by atoms with van der Waals surface area (Å²) in [4.78, 5) is 24.0. The molecule has 1 aliphatic rings. The van der Waals surface area contributed by atoms with Gasteiger partial charge in [0.05, 0.1) is 23.2 Å². The number of aromatic amines is 1. The number of ketones is 1. The number of rotatable bonds is 7. The number of allylic oxidation sites excluding steroid dienone is 5. The van der Waals surface area contributed by atoms with E-state index in [1.165, 1.54) is 51.4 Å². The van der Waals surface area contributed by atoms with Gasteiger partial charge in [0.25, 0.3) is 0 Å². The Hall–Kier alpha value is -3.27. The van der Waals surface area contributed by atoms with E-state index < -0.39 is 0 Å². The smallest absolute Gasteiger partial charge is 0.160 e. The van der Waals surface area contributed by atoms with Crippen molar-refractivity contribution < 1.29 is 4.79 Å². The highest BCUT2D eigenvalue weighted by Gasteiger charge is 2.13. The van der Waals surface area contributed by atoms with E-state index in [1.807, 2.05) is 50.3 Å². The summed E-state index contributed by atoms with van der Waals surface area (Å²) in [5.41, 5.74) is 6.28. The van der Waals surface area contributed by atoms with Crippen LogP contribution in [0.2, 0.25) is 0 Å². The fourth-order valence-corrected chi connectivity index (χ4v) is 4.74. The molecule has 1 aromatic carbocycles. The van der Waals surface area contributed by atoms with Gasteiger partial charge in [-0.25, -0.2) is 4.98 Å². The Balaban J connectivity index is 0.000000351. The lowest BCUT2D eigenvalue weighted by atomic mass is 9.86. The van der Waals surface area contributed by atoms with Crippen molar-refractivity contribution in [3.63, 3.8) is 0 Å². The molecule has 0 saturated heterocycles. The number of carbonyl (C=O) groups is 1. The van der Waals surface area contributed by atoms with Gasteiger partial charge >= 0.3 is 0 Å². The molecule has 38 heavy (non-hydrogen) atoms. The predicted octanol–water partition coefficient (Wildman–Crippen LogP) is 10.1. The molecule has 0 atom stereocenters. The summed E-state index contributed by atoms with van der Waals surface area (Å²) >= 11 is 0. The Morgan fingerprint density at radius 1 is 1.05 bits per heavy atom. The minimum atomic E-state index is 0.0281. The van der Waals surface area contributed by atoms with Gasteiger partial charge in [0, 0.05) is 22.7 Å². The summed E-state index contributed by atoms with van der Waals surface area (Å²) in [5, 5.41) is 0.849. The molecule has 1 fully saturated rings. The summed E-state index contributed by atoms with van der Waals surface area (Å²) in [5.74, 6) is 1.13. The molecule has 4 rings (SSSR count). The van der Waals surface area contributed by atoms with Crippen molar-refractivity contribution >= 4 is 22.3 Å². The molecule has 0 bridgehead atoms. The molecule has 0 radical (unpaired) electrons. The first-order valence-corrected chi connectivity index (χ1v) is 14.3. The van der Waals surface area contributed by atoms with Gasteiger partial charge < -0.3 is 4.98 Å². The highest BCUT2D eigenvalue weighted by atomic mass is 16.1. The first kappa shape index (κ1) is 31.0. The molecule has 1 aliphatic carbocycles. The minimum Gasteiger partial charge on any atom is -0.344 e. The number of imidazole rings is 1. The summed E-state index contributed by atoms with van der Waals surface area (Å²) in [6, 6.07) is 7.68. The largest absolute Gasteiger partial charge is 0.344 e. The first-order chi connectivity index (χ1) is 18.3. The average Bonchev–Trinajstić information content (AvgIpc) is 3.40. The number of H-pyrrole nitrogens is 1. The quantitative estimate of drug-likeness (QED) is 0.252.